The van der Waals surface area contributed by atoms with Gasteiger partial charge in [0.1, 0.15) is 0 Å². The lowest BCUT2D eigenvalue weighted by Crippen LogP contribution is -2.57. The standard InChI is InChI=1S/C22H28ClFN8O/c23-16-3-1-15(2-4-16)9-19-14-33-20(12-31-11-17(24)10-26-31)13-32(19)18-5-7-30(8-6-18)22-27-21(25)28-29-22/h1-4,10-11,18-20H,5-9,12-14H2,(H3,25,27,28,29). The van der Waals surface area contributed by atoms with Crippen LogP contribution in [0.2, 0.25) is 5.02 Å². The van der Waals surface area contributed by atoms with Crippen LogP contribution in [0.4, 0.5) is 16.3 Å². The minimum absolute atomic E-state index is 0.0448. The van der Waals surface area contributed by atoms with Gasteiger partial charge in [-0.05, 0) is 37.0 Å². The fourth-order valence-electron chi connectivity index (χ4n) is 4.86. The molecule has 9 nitrogen and oxygen atoms in total. The first-order chi connectivity index (χ1) is 16.0. The summed E-state index contributed by atoms with van der Waals surface area (Å²) in [6, 6.07) is 8.69. The highest BCUT2D eigenvalue weighted by Crippen LogP contribution is 2.27. The third-order valence-electron chi connectivity index (χ3n) is 6.49. The molecule has 4 heterocycles. The van der Waals surface area contributed by atoms with E-state index >= 15 is 0 Å². The minimum atomic E-state index is -0.330. The normalized spacial score (nSPS) is 22.7. The van der Waals surface area contributed by atoms with Crippen molar-refractivity contribution in [1.29, 1.82) is 0 Å². The van der Waals surface area contributed by atoms with Crippen molar-refractivity contribution in [2.24, 2.45) is 0 Å². The van der Waals surface area contributed by atoms with Crippen molar-refractivity contribution in [3.8, 4) is 0 Å². The number of aromatic nitrogens is 5. The number of benzene rings is 1. The average molecular weight is 475 g/mol. The Morgan fingerprint density at radius 3 is 2.67 bits per heavy atom. The van der Waals surface area contributed by atoms with Crippen LogP contribution >= 0.6 is 11.6 Å². The molecule has 11 heteroatoms. The van der Waals surface area contributed by atoms with E-state index in [1.54, 1.807) is 4.68 Å². The van der Waals surface area contributed by atoms with Crippen LogP contribution < -0.4 is 10.6 Å². The van der Waals surface area contributed by atoms with Crippen molar-refractivity contribution in [2.45, 2.75) is 44.0 Å². The molecule has 176 valence electrons. The van der Waals surface area contributed by atoms with E-state index in [4.69, 9.17) is 22.1 Å². The Kier molecular flexibility index (Phi) is 6.48. The Hall–Kier alpha value is -2.69. The van der Waals surface area contributed by atoms with E-state index in [2.05, 4.69) is 42.2 Å². The minimum Gasteiger partial charge on any atom is -0.373 e. The second-order valence-corrected chi connectivity index (χ2v) is 9.19. The van der Waals surface area contributed by atoms with E-state index in [1.807, 2.05) is 12.1 Å². The number of ether oxygens (including phenoxy) is 1. The molecular formula is C22H28ClFN8O. The zero-order valence-corrected chi connectivity index (χ0v) is 19.0. The fraction of sp³-hybridized carbons (Fsp3) is 0.500. The van der Waals surface area contributed by atoms with E-state index in [1.165, 1.54) is 18.0 Å². The lowest BCUT2D eigenvalue weighted by atomic mass is 9.96. The van der Waals surface area contributed by atoms with E-state index in [0.29, 0.717) is 31.1 Å². The number of rotatable bonds is 6. The van der Waals surface area contributed by atoms with Crippen molar-refractivity contribution >= 4 is 23.5 Å². The van der Waals surface area contributed by atoms with Gasteiger partial charge in [0, 0.05) is 36.7 Å². The number of morpholine rings is 1. The van der Waals surface area contributed by atoms with Crippen LogP contribution in [-0.2, 0) is 17.7 Å². The maximum Gasteiger partial charge on any atom is 0.246 e. The van der Waals surface area contributed by atoms with Crippen LogP contribution in [0, 0.1) is 5.82 Å². The quantitative estimate of drug-likeness (QED) is 0.565. The van der Waals surface area contributed by atoms with Crippen LogP contribution in [0.3, 0.4) is 0 Å². The van der Waals surface area contributed by atoms with Gasteiger partial charge in [-0.2, -0.15) is 10.1 Å². The molecule has 2 aliphatic rings. The van der Waals surface area contributed by atoms with Gasteiger partial charge in [-0.15, -0.1) is 5.10 Å². The fourth-order valence-corrected chi connectivity index (χ4v) is 4.98. The average Bonchev–Trinajstić information content (AvgIpc) is 3.44. The molecule has 3 aromatic rings. The van der Waals surface area contributed by atoms with Crippen molar-refractivity contribution in [3.05, 3.63) is 53.1 Å². The van der Waals surface area contributed by atoms with Crippen LogP contribution in [-0.4, -0.2) is 74.3 Å². The zero-order chi connectivity index (χ0) is 22.8. The Balaban J connectivity index is 1.28. The van der Waals surface area contributed by atoms with E-state index in [9.17, 15) is 4.39 Å². The lowest BCUT2D eigenvalue weighted by Gasteiger charge is -2.46. The molecule has 2 atom stereocenters. The number of hydrogen-bond acceptors (Lipinski definition) is 7. The number of piperidine rings is 1. The summed E-state index contributed by atoms with van der Waals surface area (Å²) in [6.45, 7) is 3.65. The monoisotopic (exact) mass is 474 g/mol. The molecule has 5 rings (SSSR count). The summed E-state index contributed by atoms with van der Waals surface area (Å²) in [5, 5.41) is 11.7. The molecule has 33 heavy (non-hydrogen) atoms. The molecule has 2 unspecified atom stereocenters. The van der Waals surface area contributed by atoms with Crippen LogP contribution in [0.25, 0.3) is 0 Å². The number of hydrogen-bond donors (Lipinski definition) is 2. The van der Waals surface area contributed by atoms with Crippen molar-refractivity contribution in [3.63, 3.8) is 0 Å². The Bertz CT molecular complexity index is 1050. The largest absolute Gasteiger partial charge is 0.373 e. The molecule has 0 saturated carbocycles. The van der Waals surface area contributed by atoms with Gasteiger partial charge < -0.3 is 15.4 Å². The summed E-state index contributed by atoms with van der Waals surface area (Å²) >= 11 is 6.07. The molecule has 1 aromatic carbocycles. The predicted molar refractivity (Wildman–Crippen MR) is 124 cm³/mol. The van der Waals surface area contributed by atoms with Gasteiger partial charge in [-0.1, -0.05) is 23.7 Å². The van der Waals surface area contributed by atoms with Gasteiger partial charge in [0.15, 0.2) is 5.82 Å². The van der Waals surface area contributed by atoms with E-state index in [-0.39, 0.29) is 18.0 Å². The molecule has 0 aliphatic carbocycles. The summed E-state index contributed by atoms with van der Waals surface area (Å²) < 4.78 is 21.2. The molecule has 2 saturated heterocycles. The first-order valence-electron chi connectivity index (χ1n) is 11.3. The number of nitrogens with two attached hydrogens (primary N) is 1. The van der Waals surface area contributed by atoms with Crippen molar-refractivity contribution < 1.29 is 9.13 Å². The van der Waals surface area contributed by atoms with Crippen molar-refractivity contribution in [2.75, 3.05) is 36.9 Å². The molecule has 0 spiro atoms. The van der Waals surface area contributed by atoms with Gasteiger partial charge in [-0.25, -0.2) is 9.49 Å². The Labute approximate surface area is 196 Å². The van der Waals surface area contributed by atoms with E-state index in [0.717, 1.165) is 43.9 Å². The maximum atomic E-state index is 13.4. The topological polar surface area (TPSA) is 101 Å². The van der Waals surface area contributed by atoms with Crippen LogP contribution in [0.15, 0.2) is 36.7 Å². The molecule has 3 N–H and O–H groups in total. The molecule has 0 amide bonds. The first kappa shape index (κ1) is 22.1. The van der Waals surface area contributed by atoms with Gasteiger partial charge >= 0.3 is 0 Å². The molecule has 2 fully saturated rings. The highest BCUT2D eigenvalue weighted by atomic mass is 35.5. The van der Waals surface area contributed by atoms with Gasteiger partial charge in [0.05, 0.1) is 31.6 Å². The predicted octanol–water partition coefficient (Wildman–Crippen LogP) is 2.36. The lowest BCUT2D eigenvalue weighted by molar-refractivity contribution is -0.0883. The van der Waals surface area contributed by atoms with Crippen LogP contribution in [0.1, 0.15) is 18.4 Å². The van der Waals surface area contributed by atoms with Gasteiger partial charge in [0.2, 0.25) is 11.9 Å². The van der Waals surface area contributed by atoms with Gasteiger partial charge in [0.25, 0.3) is 0 Å². The smallest absolute Gasteiger partial charge is 0.246 e. The van der Waals surface area contributed by atoms with Crippen LogP contribution in [0.5, 0.6) is 0 Å². The highest BCUT2D eigenvalue weighted by molar-refractivity contribution is 6.30. The van der Waals surface area contributed by atoms with Crippen molar-refractivity contribution in [1.82, 2.24) is 29.9 Å². The summed E-state index contributed by atoms with van der Waals surface area (Å²) in [5.74, 6) is 0.661. The number of anilines is 2. The molecular weight excluding hydrogens is 447 g/mol. The first-order valence-corrected chi connectivity index (χ1v) is 11.6. The summed E-state index contributed by atoms with van der Waals surface area (Å²) in [4.78, 5) is 9.01. The second kappa shape index (κ2) is 9.66. The Morgan fingerprint density at radius 1 is 1.21 bits per heavy atom. The maximum absolute atomic E-state index is 13.4. The summed E-state index contributed by atoms with van der Waals surface area (Å²) in [7, 11) is 0. The number of aromatic amines is 1. The second-order valence-electron chi connectivity index (χ2n) is 8.76. The summed E-state index contributed by atoms with van der Waals surface area (Å²) in [5.41, 5.74) is 6.93. The highest BCUT2D eigenvalue weighted by Gasteiger charge is 2.36. The SMILES string of the molecule is Nc1nc(N2CCC(N3CC(Cn4cc(F)cn4)OCC3Cc3ccc(Cl)cc3)CC2)n[nH]1. The molecule has 0 bridgehead atoms. The molecule has 2 aliphatic heterocycles. The molecule has 0 radical (unpaired) electrons. The number of nitrogens with zero attached hydrogens (tertiary/aromatic N) is 6. The third kappa shape index (κ3) is 5.29. The summed E-state index contributed by atoms with van der Waals surface area (Å²) in [6.07, 6.45) is 5.47. The number of halogens is 2. The third-order valence-corrected chi connectivity index (χ3v) is 6.74. The number of H-pyrrole nitrogens is 1. The Morgan fingerprint density at radius 2 is 2.00 bits per heavy atom. The van der Waals surface area contributed by atoms with Gasteiger partial charge in [-0.3, -0.25) is 9.58 Å². The van der Waals surface area contributed by atoms with E-state index < -0.39 is 0 Å². The number of nitrogen functional groups attached to an aromatic ring is 1. The number of nitrogens with one attached hydrogen (secondary N) is 1. The molecule has 2 aromatic heterocycles. The zero-order valence-electron chi connectivity index (χ0n) is 18.3.